The molecule has 138 valence electrons. The van der Waals surface area contributed by atoms with Crippen molar-refractivity contribution in [2.24, 2.45) is 0 Å². The highest BCUT2D eigenvalue weighted by Gasteiger charge is 2.30. The maximum absolute atomic E-state index is 12.8. The van der Waals surface area contributed by atoms with Crippen molar-refractivity contribution in [3.05, 3.63) is 54.4 Å². The summed E-state index contributed by atoms with van der Waals surface area (Å²) in [6.45, 7) is 4.86. The van der Waals surface area contributed by atoms with Crippen LogP contribution in [0.2, 0.25) is 0 Å². The molecule has 1 aliphatic rings. The topological polar surface area (TPSA) is 85.1 Å². The Hall–Kier alpha value is -2.29. The maximum atomic E-state index is 12.8. The summed E-state index contributed by atoms with van der Waals surface area (Å²) >= 11 is 0. The fourth-order valence-corrected chi connectivity index (χ4v) is 4.55. The molecule has 1 fully saturated rings. The molecule has 1 aromatic carbocycles. The van der Waals surface area contributed by atoms with Gasteiger partial charge in [-0.1, -0.05) is 0 Å². The van der Waals surface area contributed by atoms with E-state index >= 15 is 0 Å². The van der Waals surface area contributed by atoms with Crippen LogP contribution < -0.4 is 15.2 Å². The van der Waals surface area contributed by atoms with E-state index in [1.165, 1.54) is 17.4 Å². The monoisotopic (exact) mass is 376 g/mol. The van der Waals surface area contributed by atoms with Crippen LogP contribution in [-0.4, -0.2) is 44.8 Å². The lowest BCUT2D eigenvalue weighted by atomic mass is 10.2. The number of aromatic nitrogens is 1. The van der Waals surface area contributed by atoms with Gasteiger partial charge in [0.2, 0.25) is 15.9 Å². The molecular weight excluding hydrogens is 352 g/mol. The van der Waals surface area contributed by atoms with Crippen LogP contribution in [0.4, 0.5) is 5.69 Å². The van der Waals surface area contributed by atoms with Crippen LogP contribution in [0.3, 0.4) is 0 Å². The third kappa shape index (κ3) is 4.46. The van der Waals surface area contributed by atoms with Gasteiger partial charge in [0.1, 0.15) is 6.54 Å². The summed E-state index contributed by atoms with van der Waals surface area (Å²) in [6, 6.07) is 10.4. The minimum Gasteiger partial charge on any atom is -0.329 e. The van der Waals surface area contributed by atoms with Gasteiger partial charge in [-0.15, -0.1) is 0 Å². The van der Waals surface area contributed by atoms with Crippen molar-refractivity contribution in [2.45, 2.75) is 18.4 Å². The normalized spacial score (nSPS) is 16.3. The highest BCUT2D eigenvalue weighted by molar-refractivity contribution is 7.89. The van der Waals surface area contributed by atoms with Gasteiger partial charge in [0.15, 0.2) is 12.4 Å². The van der Waals surface area contributed by atoms with Gasteiger partial charge in [-0.2, -0.15) is 4.31 Å². The summed E-state index contributed by atoms with van der Waals surface area (Å²) in [5.41, 5.74) is 1.80. The summed E-state index contributed by atoms with van der Waals surface area (Å²) in [5, 5.41) is 2.64. The van der Waals surface area contributed by atoms with Crippen LogP contribution >= 0.6 is 0 Å². The fourth-order valence-electron chi connectivity index (χ4n) is 3.11. The predicted molar refractivity (Wildman–Crippen MR) is 96.9 cm³/mol. The van der Waals surface area contributed by atoms with E-state index in [0.717, 1.165) is 19.6 Å². The van der Waals surface area contributed by atoms with Crippen molar-refractivity contribution in [3.8, 4) is 0 Å². The third-order valence-electron chi connectivity index (χ3n) is 4.47. The smallest absolute Gasteiger partial charge is 0.243 e. The molecule has 0 spiro atoms. The number of sulfonamides is 1. The van der Waals surface area contributed by atoms with E-state index in [1.807, 2.05) is 18.5 Å². The lowest BCUT2D eigenvalue weighted by Gasteiger charge is -2.31. The second kappa shape index (κ2) is 7.94. The molecule has 2 heterocycles. The third-order valence-corrected chi connectivity index (χ3v) is 6.38. The Morgan fingerprint density at radius 1 is 1.19 bits per heavy atom. The molecule has 1 aromatic heterocycles. The molecule has 0 bridgehead atoms. The number of hydrogen-bond acceptors (Lipinski definition) is 3. The Bertz CT molecular complexity index is 846. The molecule has 0 unspecified atom stereocenters. The predicted octanol–water partition coefficient (Wildman–Crippen LogP) is -0.451. The number of carbonyl (C=O) groups excluding carboxylic acids is 1. The number of rotatable bonds is 5. The highest BCUT2D eigenvalue weighted by Crippen LogP contribution is 2.18. The van der Waals surface area contributed by atoms with Gasteiger partial charge in [-0.3, -0.25) is 4.79 Å². The zero-order chi connectivity index (χ0) is 18.6. The average molecular weight is 376 g/mol. The number of carbonyl (C=O) groups is 1. The van der Waals surface area contributed by atoms with E-state index in [4.69, 9.17) is 0 Å². The van der Waals surface area contributed by atoms with E-state index in [9.17, 15) is 13.2 Å². The van der Waals surface area contributed by atoms with Crippen molar-refractivity contribution in [2.75, 3.05) is 31.5 Å². The van der Waals surface area contributed by atoms with Gasteiger partial charge >= 0.3 is 0 Å². The molecule has 7 nitrogen and oxygen atoms in total. The van der Waals surface area contributed by atoms with Gasteiger partial charge in [0, 0.05) is 18.7 Å². The van der Waals surface area contributed by atoms with E-state index in [2.05, 4.69) is 16.4 Å². The number of hydrogen-bond donors (Lipinski definition) is 2. The number of nitrogens with one attached hydrogen (secondary N) is 3. The molecule has 0 radical (unpaired) electrons. The lowest BCUT2D eigenvalue weighted by Crippen LogP contribution is -3.13. The number of benzene rings is 1. The Balaban J connectivity index is 1.61. The van der Waals surface area contributed by atoms with E-state index in [1.54, 1.807) is 28.6 Å². The molecule has 0 aliphatic carbocycles. The molecule has 0 atom stereocenters. The Labute approximate surface area is 153 Å². The zero-order valence-electron chi connectivity index (χ0n) is 14.7. The average Bonchev–Trinajstić information content (AvgIpc) is 2.63. The largest absolute Gasteiger partial charge is 0.329 e. The quantitative estimate of drug-likeness (QED) is 0.741. The molecular formula is C18H24N4O3S+2. The molecule has 1 aliphatic heterocycles. The summed E-state index contributed by atoms with van der Waals surface area (Å²) in [4.78, 5) is 15.8. The van der Waals surface area contributed by atoms with Crippen molar-refractivity contribution >= 4 is 21.6 Å². The second-order valence-corrected chi connectivity index (χ2v) is 8.39. The zero-order valence-corrected chi connectivity index (χ0v) is 15.6. The number of quaternary nitrogens is 1. The summed E-state index contributed by atoms with van der Waals surface area (Å²) in [6.07, 6.45) is 3.85. The van der Waals surface area contributed by atoms with Gasteiger partial charge in [-0.25, -0.2) is 13.4 Å². The van der Waals surface area contributed by atoms with Crippen LogP contribution in [0.5, 0.6) is 0 Å². The van der Waals surface area contributed by atoms with Crippen molar-refractivity contribution in [1.29, 1.82) is 0 Å². The van der Waals surface area contributed by atoms with Crippen LogP contribution in [-0.2, 0) is 21.4 Å². The molecule has 3 N–H and O–H groups in total. The first-order chi connectivity index (χ1) is 12.4. The molecule has 1 amide bonds. The van der Waals surface area contributed by atoms with E-state index < -0.39 is 10.0 Å². The summed E-state index contributed by atoms with van der Waals surface area (Å²) in [7, 11) is -3.50. The van der Waals surface area contributed by atoms with Gasteiger partial charge in [-0.05, 0) is 30.3 Å². The SMILES string of the molecule is CC(=O)Nc1ccc(S(=O)(=O)N2CC[NH+](Cc3ccc[nH+]c3)CC2)cc1. The minimum atomic E-state index is -3.50. The molecule has 1 saturated heterocycles. The van der Waals surface area contributed by atoms with E-state index in [-0.39, 0.29) is 10.8 Å². The molecule has 0 saturated carbocycles. The summed E-state index contributed by atoms with van der Waals surface area (Å²) in [5.74, 6) is -0.185. The number of pyridine rings is 1. The Morgan fingerprint density at radius 3 is 2.46 bits per heavy atom. The molecule has 3 rings (SSSR count). The maximum Gasteiger partial charge on any atom is 0.243 e. The van der Waals surface area contributed by atoms with Crippen molar-refractivity contribution in [1.82, 2.24) is 4.31 Å². The first-order valence-corrected chi connectivity index (χ1v) is 10.1. The van der Waals surface area contributed by atoms with Crippen LogP contribution in [0.1, 0.15) is 12.5 Å². The number of piperazine rings is 1. The van der Waals surface area contributed by atoms with Gasteiger partial charge < -0.3 is 10.2 Å². The standard InChI is InChI=1S/C18H22N4O3S/c1-15(23)20-17-4-6-18(7-5-17)26(24,25)22-11-9-21(10-12-22)14-16-3-2-8-19-13-16/h2-8,13H,9-12,14H2,1H3,(H,20,23)/p+2. The van der Waals surface area contributed by atoms with Gasteiger partial charge in [0.05, 0.1) is 36.6 Å². The Kier molecular flexibility index (Phi) is 5.65. The fraction of sp³-hybridized carbons (Fsp3) is 0.333. The minimum absolute atomic E-state index is 0.185. The molecule has 8 heteroatoms. The molecule has 2 aromatic rings. The van der Waals surface area contributed by atoms with Crippen LogP contribution in [0, 0.1) is 0 Å². The summed E-state index contributed by atoms with van der Waals surface area (Å²) < 4.78 is 27.2. The Morgan fingerprint density at radius 2 is 1.88 bits per heavy atom. The highest BCUT2D eigenvalue weighted by atomic mass is 32.2. The number of amides is 1. The van der Waals surface area contributed by atoms with Crippen molar-refractivity contribution in [3.63, 3.8) is 0 Å². The number of H-pyrrole nitrogens is 1. The number of nitrogens with zero attached hydrogens (tertiary/aromatic N) is 1. The van der Waals surface area contributed by atoms with Crippen LogP contribution in [0.25, 0.3) is 0 Å². The number of aromatic amines is 1. The first-order valence-electron chi connectivity index (χ1n) is 8.61. The molecule has 26 heavy (non-hydrogen) atoms. The number of anilines is 1. The van der Waals surface area contributed by atoms with Crippen molar-refractivity contribution < 1.29 is 23.1 Å². The second-order valence-electron chi connectivity index (χ2n) is 6.45. The van der Waals surface area contributed by atoms with Crippen LogP contribution in [0.15, 0.2) is 53.7 Å². The first kappa shape index (κ1) is 18.5. The van der Waals surface area contributed by atoms with Gasteiger partial charge in [0.25, 0.3) is 0 Å². The lowest BCUT2D eigenvalue weighted by molar-refractivity contribution is -0.917. The van der Waals surface area contributed by atoms with E-state index in [0.29, 0.717) is 18.8 Å².